The minimum absolute atomic E-state index is 0.140. The second-order valence-electron chi connectivity index (χ2n) is 5.14. The van der Waals surface area contributed by atoms with Gasteiger partial charge in [0.25, 0.3) is 5.69 Å². The Balaban J connectivity index is 1.92. The van der Waals surface area contributed by atoms with E-state index in [-0.39, 0.29) is 10.6 Å². The first-order valence-electron chi connectivity index (χ1n) is 7.22. The van der Waals surface area contributed by atoms with E-state index in [2.05, 4.69) is 42.2 Å². The lowest BCUT2D eigenvalue weighted by Gasteiger charge is -2.10. The van der Waals surface area contributed by atoms with Crippen molar-refractivity contribution < 1.29 is 4.92 Å². The Kier molecular flexibility index (Phi) is 5.11. The molecular formula is C16H21N3O2. The molecule has 112 valence electrons. The van der Waals surface area contributed by atoms with Crippen molar-refractivity contribution in [3.8, 4) is 0 Å². The lowest BCUT2D eigenvalue weighted by atomic mass is 10.1. The summed E-state index contributed by atoms with van der Waals surface area (Å²) in [6.45, 7) is 6.08. The Bertz CT molecular complexity index is 590. The van der Waals surface area contributed by atoms with Crippen LogP contribution in [0.2, 0.25) is 0 Å². The van der Waals surface area contributed by atoms with Gasteiger partial charge in [-0.1, -0.05) is 19.1 Å². The maximum Gasteiger partial charge on any atom is 0.269 e. The van der Waals surface area contributed by atoms with Gasteiger partial charge in [0.15, 0.2) is 0 Å². The van der Waals surface area contributed by atoms with Crippen LogP contribution in [-0.2, 0) is 13.0 Å². The number of nitro benzene ring substituents is 1. The third kappa shape index (κ3) is 4.16. The molecule has 1 atom stereocenters. The van der Waals surface area contributed by atoms with Crippen molar-refractivity contribution in [3.05, 3.63) is 64.0 Å². The molecular weight excluding hydrogens is 266 g/mol. The highest BCUT2D eigenvalue weighted by Gasteiger charge is 2.06. The first-order valence-corrected chi connectivity index (χ1v) is 7.22. The minimum Gasteiger partial charge on any atom is -0.354 e. The van der Waals surface area contributed by atoms with Crippen LogP contribution in [0.25, 0.3) is 0 Å². The zero-order valence-corrected chi connectivity index (χ0v) is 12.5. The summed E-state index contributed by atoms with van der Waals surface area (Å²) in [5, 5.41) is 14.0. The standard InChI is InChI=1S/C16H21N3O2/c1-3-17-13(2)15-9-11-18(12-15)10-8-14-4-6-16(7-5-14)19(20)21/h4-7,9,11-13,17H,3,8,10H2,1-2H3. The third-order valence-electron chi connectivity index (χ3n) is 3.59. The second kappa shape index (κ2) is 7.04. The number of aromatic nitrogens is 1. The maximum atomic E-state index is 10.6. The molecule has 5 nitrogen and oxygen atoms in total. The zero-order chi connectivity index (χ0) is 15.2. The van der Waals surface area contributed by atoms with E-state index in [1.165, 1.54) is 5.56 Å². The third-order valence-corrected chi connectivity index (χ3v) is 3.59. The van der Waals surface area contributed by atoms with Gasteiger partial charge in [0, 0.05) is 37.1 Å². The SMILES string of the molecule is CCNC(C)c1ccn(CCc2ccc([N+](=O)[O-])cc2)c1. The van der Waals surface area contributed by atoms with Crippen molar-refractivity contribution in [2.24, 2.45) is 0 Å². The first-order chi connectivity index (χ1) is 10.1. The predicted octanol–water partition coefficient (Wildman–Crippen LogP) is 3.31. The van der Waals surface area contributed by atoms with Crippen molar-refractivity contribution in [1.29, 1.82) is 0 Å². The Labute approximate surface area is 124 Å². The van der Waals surface area contributed by atoms with Crippen LogP contribution in [0.15, 0.2) is 42.7 Å². The summed E-state index contributed by atoms with van der Waals surface area (Å²) in [6, 6.07) is 9.25. The predicted molar refractivity (Wildman–Crippen MR) is 83.3 cm³/mol. The molecule has 1 N–H and O–H groups in total. The van der Waals surface area contributed by atoms with E-state index in [0.29, 0.717) is 6.04 Å². The first kappa shape index (κ1) is 15.3. The van der Waals surface area contributed by atoms with Crippen LogP contribution in [0.1, 0.15) is 31.0 Å². The highest BCUT2D eigenvalue weighted by molar-refractivity contribution is 5.32. The molecule has 1 unspecified atom stereocenters. The fraction of sp³-hybridized carbons (Fsp3) is 0.375. The van der Waals surface area contributed by atoms with Gasteiger partial charge in [-0.2, -0.15) is 0 Å². The van der Waals surface area contributed by atoms with E-state index < -0.39 is 0 Å². The fourth-order valence-electron chi connectivity index (χ4n) is 2.32. The summed E-state index contributed by atoms with van der Waals surface area (Å²) < 4.78 is 2.16. The number of non-ortho nitro benzene ring substituents is 1. The Morgan fingerprint density at radius 3 is 2.62 bits per heavy atom. The largest absolute Gasteiger partial charge is 0.354 e. The van der Waals surface area contributed by atoms with Crippen LogP contribution in [0.3, 0.4) is 0 Å². The number of hydrogen-bond acceptors (Lipinski definition) is 3. The summed E-state index contributed by atoms with van der Waals surface area (Å²) in [4.78, 5) is 10.2. The topological polar surface area (TPSA) is 60.1 Å². The maximum absolute atomic E-state index is 10.6. The van der Waals surface area contributed by atoms with Crippen molar-refractivity contribution in [2.45, 2.75) is 32.9 Å². The van der Waals surface area contributed by atoms with Gasteiger partial charge in [-0.3, -0.25) is 10.1 Å². The molecule has 2 aromatic rings. The number of benzene rings is 1. The van der Waals surface area contributed by atoms with E-state index in [0.717, 1.165) is 25.1 Å². The molecule has 0 fully saturated rings. The van der Waals surface area contributed by atoms with E-state index in [1.807, 2.05) is 12.1 Å². The molecule has 2 rings (SSSR count). The number of nitrogens with zero attached hydrogens (tertiary/aromatic N) is 2. The molecule has 0 aliphatic rings. The smallest absolute Gasteiger partial charge is 0.269 e. The van der Waals surface area contributed by atoms with Gasteiger partial charge in [-0.05, 0) is 37.1 Å². The van der Waals surface area contributed by atoms with Crippen molar-refractivity contribution >= 4 is 5.69 Å². The van der Waals surface area contributed by atoms with Gasteiger partial charge in [-0.15, -0.1) is 0 Å². The number of aryl methyl sites for hydroxylation is 2. The molecule has 1 heterocycles. The molecule has 1 aromatic carbocycles. The van der Waals surface area contributed by atoms with Gasteiger partial charge in [0.1, 0.15) is 0 Å². The van der Waals surface area contributed by atoms with E-state index >= 15 is 0 Å². The molecule has 0 bridgehead atoms. The molecule has 0 radical (unpaired) electrons. The Hall–Kier alpha value is -2.14. The van der Waals surface area contributed by atoms with Gasteiger partial charge in [0.05, 0.1) is 4.92 Å². The summed E-state index contributed by atoms with van der Waals surface area (Å²) in [5.41, 5.74) is 2.53. The Morgan fingerprint density at radius 2 is 2.00 bits per heavy atom. The zero-order valence-electron chi connectivity index (χ0n) is 12.5. The average molecular weight is 287 g/mol. The quantitative estimate of drug-likeness (QED) is 0.628. The molecule has 21 heavy (non-hydrogen) atoms. The molecule has 5 heteroatoms. The monoisotopic (exact) mass is 287 g/mol. The number of hydrogen-bond donors (Lipinski definition) is 1. The Morgan fingerprint density at radius 1 is 1.29 bits per heavy atom. The highest BCUT2D eigenvalue weighted by Crippen LogP contribution is 2.15. The van der Waals surface area contributed by atoms with E-state index in [1.54, 1.807) is 12.1 Å². The van der Waals surface area contributed by atoms with Crippen LogP contribution in [0.5, 0.6) is 0 Å². The van der Waals surface area contributed by atoms with Crippen molar-refractivity contribution in [3.63, 3.8) is 0 Å². The lowest BCUT2D eigenvalue weighted by molar-refractivity contribution is -0.384. The summed E-state index contributed by atoms with van der Waals surface area (Å²) in [6.07, 6.45) is 5.09. The summed E-state index contributed by atoms with van der Waals surface area (Å²) >= 11 is 0. The van der Waals surface area contributed by atoms with Crippen LogP contribution >= 0.6 is 0 Å². The number of rotatable bonds is 7. The van der Waals surface area contributed by atoms with Gasteiger partial charge < -0.3 is 9.88 Å². The summed E-state index contributed by atoms with van der Waals surface area (Å²) in [7, 11) is 0. The van der Waals surface area contributed by atoms with Crippen LogP contribution in [-0.4, -0.2) is 16.0 Å². The lowest BCUT2D eigenvalue weighted by Crippen LogP contribution is -2.17. The van der Waals surface area contributed by atoms with E-state index in [4.69, 9.17) is 0 Å². The average Bonchev–Trinajstić information content (AvgIpc) is 2.95. The minimum atomic E-state index is -0.371. The molecule has 0 saturated heterocycles. The number of nitrogens with one attached hydrogen (secondary N) is 1. The molecule has 0 saturated carbocycles. The molecule has 0 amide bonds. The van der Waals surface area contributed by atoms with Crippen molar-refractivity contribution in [2.75, 3.05) is 6.54 Å². The van der Waals surface area contributed by atoms with Gasteiger partial charge >= 0.3 is 0 Å². The normalized spacial score (nSPS) is 12.3. The fourth-order valence-corrected chi connectivity index (χ4v) is 2.32. The molecule has 1 aromatic heterocycles. The highest BCUT2D eigenvalue weighted by atomic mass is 16.6. The van der Waals surface area contributed by atoms with Crippen molar-refractivity contribution in [1.82, 2.24) is 9.88 Å². The van der Waals surface area contributed by atoms with E-state index in [9.17, 15) is 10.1 Å². The van der Waals surface area contributed by atoms with Gasteiger partial charge in [-0.25, -0.2) is 0 Å². The summed E-state index contributed by atoms with van der Waals surface area (Å²) in [5.74, 6) is 0. The van der Waals surface area contributed by atoms with Crippen LogP contribution in [0, 0.1) is 10.1 Å². The van der Waals surface area contributed by atoms with Crippen LogP contribution < -0.4 is 5.32 Å². The van der Waals surface area contributed by atoms with Crippen LogP contribution in [0.4, 0.5) is 5.69 Å². The number of nitro groups is 1. The molecule has 0 spiro atoms. The second-order valence-corrected chi connectivity index (χ2v) is 5.14. The molecule has 0 aliphatic carbocycles. The molecule has 0 aliphatic heterocycles. The van der Waals surface area contributed by atoms with Gasteiger partial charge in [0.2, 0.25) is 0 Å².